The number of hydrogen-bond donors (Lipinski definition) is 1. The lowest BCUT2D eigenvalue weighted by Gasteiger charge is -2.14. The molecule has 0 heterocycles. The average molecular weight is 271 g/mol. The second-order valence-corrected chi connectivity index (χ2v) is 5.32. The van der Waals surface area contributed by atoms with Gasteiger partial charge in [0.1, 0.15) is 0 Å². The summed E-state index contributed by atoms with van der Waals surface area (Å²) in [6.45, 7) is 2.73. The van der Waals surface area contributed by atoms with Crippen LogP contribution < -0.4 is 5.32 Å². The van der Waals surface area contributed by atoms with Crippen LogP contribution in [0.2, 0.25) is 0 Å². The van der Waals surface area contributed by atoms with Crippen molar-refractivity contribution < 1.29 is 13.2 Å². The van der Waals surface area contributed by atoms with Crippen molar-refractivity contribution in [2.45, 2.75) is 51.2 Å². The first-order chi connectivity index (χ1) is 8.96. The van der Waals surface area contributed by atoms with E-state index in [9.17, 15) is 13.2 Å². The standard InChI is InChI=1S/C15H20F3N/c1-11-4-5-12-6-7-14(13(12)10-11)19-9-3-2-8-15(16,17)18/h4-5,10,14,19H,2-3,6-9H2,1H3. The van der Waals surface area contributed by atoms with Gasteiger partial charge in [0.2, 0.25) is 0 Å². The summed E-state index contributed by atoms with van der Waals surface area (Å²) in [7, 11) is 0. The van der Waals surface area contributed by atoms with Gasteiger partial charge in [-0.15, -0.1) is 0 Å². The Labute approximate surface area is 112 Å². The maximum Gasteiger partial charge on any atom is 0.389 e. The van der Waals surface area contributed by atoms with Crippen LogP contribution in [0.25, 0.3) is 0 Å². The highest BCUT2D eigenvalue weighted by Gasteiger charge is 2.26. The quantitative estimate of drug-likeness (QED) is 0.787. The topological polar surface area (TPSA) is 12.0 Å². The molecule has 0 fully saturated rings. The zero-order valence-electron chi connectivity index (χ0n) is 11.2. The first-order valence-electron chi connectivity index (χ1n) is 6.85. The first kappa shape index (κ1) is 14.4. The van der Waals surface area contributed by atoms with Gasteiger partial charge in [0.15, 0.2) is 0 Å². The zero-order chi connectivity index (χ0) is 13.9. The fourth-order valence-corrected chi connectivity index (χ4v) is 2.66. The van der Waals surface area contributed by atoms with Crippen LogP contribution in [0, 0.1) is 6.92 Å². The van der Waals surface area contributed by atoms with Crippen LogP contribution in [0.4, 0.5) is 13.2 Å². The van der Waals surface area contributed by atoms with E-state index in [2.05, 4.69) is 30.4 Å². The maximum atomic E-state index is 12.0. The summed E-state index contributed by atoms with van der Waals surface area (Å²) in [5, 5.41) is 3.38. The van der Waals surface area contributed by atoms with Gasteiger partial charge in [0.25, 0.3) is 0 Å². The minimum atomic E-state index is -4.02. The van der Waals surface area contributed by atoms with Gasteiger partial charge in [0.05, 0.1) is 0 Å². The largest absolute Gasteiger partial charge is 0.389 e. The molecule has 4 heteroatoms. The van der Waals surface area contributed by atoms with Gasteiger partial charge in [-0.1, -0.05) is 23.8 Å². The van der Waals surface area contributed by atoms with Crippen molar-refractivity contribution in [3.63, 3.8) is 0 Å². The van der Waals surface area contributed by atoms with Gasteiger partial charge in [-0.2, -0.15) is 13.2 Å². The molecule has 1 N–H and O–H groups in total. The minimum absolute atomic E-state index is 0.212. The van der Waals surface area contributed by atoms with E-state index in [1.165, 1.54) is 16.7 Å². The number of aryl methyl sites for hydroxylation is 2. The van der Waals surface area contributed by atoms with Gasteiger partial charge in [-0.05, 0) is 50.3 Å². The third kappa shape index (κ3) is 4.23. The number of hydrogen-bond acceptors (Lipinski definition) is 1. The number of nitrogens with one attached hydrogen (secondary N) is 1. The molecule has 0 bridgehead atoms. The molecule has 106 valence electrons. The Hall–Kier alpha value is -1.03. The number of halogens is 3. The molecular weight excluding hydrogens is 251 g/mol. The molecule has 0 saturated heterocycles. The Kier molecular flexibility index (Phi) is 4.50. The Bertz CT molecular complexity index is 426. The monoisotopic (exact) mass is 271 g/mol. The predicted molar refractivity (Wildman–Crippen MR) is 70.1 cm³/mol. The molecule has 0 saturated carbocycles. The second-order valence-electron chi connectivity index (χ2n) is 5.32. The first-order valence-corrected chi connectivity index (χ1v) is 6.85. The van der Waals surface area contributed by atoms with Crippen molar-refractivity contribution in [1.82, 2.24) is 5.32 Å². The van der Waals surface area contributed by atoms with Gasteiger partial charge in [-0.25, -0.2) is 0 Å². The molecule has 1 aliphatic carbocycles. The average Bonchev–Trinajstić information content (AvgIpc) is 2.70. The van der Waals surface area contributed by atoms with E-state index in [0.29, 0.717) is 19.0 Å². The molecule has 2 rings (SSSR count). The molecule has 1 unspecified atom stereocenters. The molecule has 0 amide bonds. The van der Waals surface area contributed by atoms with E-state index in [-0.39, 0.29) is 6.42 Å². The lowest BCUT2D eigenvalue weighted by atomic mass is 10.0. The summed E-state index contributed by atoms with van der Waals surface area (Å²) in [6.07, 6.45) is -1.78. The molecule has 19 heavy (non-hydrogen) atoms. The van der Waals surface area contributed by atoms with Gasteiger partial charge >= 0.3 is 6.18 Å². The summed E-state index contributed by atoms with van der Waals surface area (Å²) < 4.78 is 36.0. The lowest BCUT2D eigenvalue weighted by Crippen LogP contribution is -2.21. The predicted octanol–water partition coefficient (Wildman–Crippen LogP) is 4.30. The second kappa shape index (κ2) is 5.95. The van der Waals surface area contributed by atoms with Crippen LogP contribution in [0.3, 0.4) is 0 Å². The van der Waals surface area contributed by atoms with Crippen molar-refractivity contribution in [1.29, 1.82) is 0 Å². The minimum Gasteiger partial charge on any atom is -0.310 e. The van der Waals surface area contributed by atoms with E-state index >= 15 is 0 Å². The van der Waals surface area contributed by atoms with Crippen molar-refractivity contribution in [3.05, 3.63) is 34.9 Å². The zero-order valence-corrected chi connectivity index (χ0v) is 11.2. The third-order valence-electron chi connectivity index (χ3n) is 3.66. The molecular formula is C15H20F3N. The van der Waals surface area contributed by atoms with E-state index in [1.54, 1.807) is 0 Å². The fraction of sp³-hybridized carbons (Fsp3) is 0.600. The van der Waals surface area contributed by atoms with Crippen LogP contribution in [0.1, 0.15) is 48.4 Å². The van der Waals surface area contributed by atoms with Crippen LogP contribution in [0.15, 0.2) is 18.2 Å². The van der Waals surface area contributed by atoms with Crippen molar-refractivity contribution in [2.24, 2.45) is 0 Å². The molecule has 1 nitrogen and oxygen atoms in total. The number of rotatable bonds is 5. The summed E-state index contributed by atoms with van der Waals surface area (Å²) in [6, 6.07) is 6.79. The van der Waals surface area contributed by atoms with E-state index < -0.39 is 12.6 Å². The Morgan fingerprint density at radius 3 is 2.79 bits per heavy atom. The van der Waals surface area contributed by atoms with Crippen molar-refractivity contribution in [3.8, 4) is 0 Å². The van der Waals surface area contributed by atoms with Crippen LogP contribution in [0.5, 0.6) is 0 Å². The van der Waals surface area contributed by atoms with E-state index in [4.69, 9.17) is 0 Å². The highest BCUT2D eigenvalue weighted by molar-refractivity contribution is 5.37. The van der Waals surface area contributed by atoms with Crippen molar-refractivity contribution >= 4 is 0 Å². The molecule has 1 atom stereocenters. The molecule has 1 aromatic carbocycles. The van der Waals surface area contributed by atoms with Crippen molar-refractivity contribution in [2.75, 3.05) is 6.54 Å². The number of benzene rings is 1. The molecule has 0 aliphatic heterocycles. The number of alkyl halides is 3. The molecule has 1 aromatic rings. The Balaban J connectivity index is 1.76. The highest BCUT2D eigenvalue weighted by atomic mass is 19.4. The Morgan fingerprint density at radius 1 is 1.26 bits per heavy atom. The third-order valence-corrected chi connectivity index (χ3v) is 3.66. The summed E-state index contributed by atoms with van der Waals surface area (Å²) in [5.74, 6) is 0. The van der Waals surface area contributed by atoms with E-state index in [1.807, 2.05) is 0 Å². The van der Waals surface area contributed by atoms with Gasteiger partial charge < -0.3 is 5.32 Å². The summed E-state index contributed by atoms with van der Waals surface area (Å²) in [4.78, 5) is 0. The van der Waals surface area contributed by atoms with Gasteiger partial charge in [0, 0.05) is 12.5 Å². The van der Waals surface area contributed by atoms with Crippen LogP contribution in [-0.2, 0) is 6.42 Å². The summed E-state index contributed by atoms with van der Waals surface area (Å²) in [5.41, 5.74) is 3.94. The summed E-state index contributed by atoms with van der Waals surface area (Å²) >= 11 is 0. The molecule has 0 spiro atoms. The SMILES string of the molecule is Cc1ccc2c(c1)C(NCCCCC(F)(F)F)CC2. The molecule has 0 radical (unpaired) electrons. The maximum absolute atomic E-state index is 12.0. The Morgan fingerprint density at radius 2 is 2.05 bits per heavy atom. The van der Waals surface area contributed by atoms with Crippen LogP contribution >= 0.6 is 0 Å². The highest BCUT2D eigenvalue weighted by Crippen LogP contribution is 2.31. The van der Waals surface area contributed by atoms with Gasteiger partial charge in [-0.3, -0.25) is 0 Å². The molecule has 0 aromatic heterocycles. The fourth-order valence-electron chi connectivity index (χ4n) is 2.66. The smallest absolute Gasteiger partial charge is 0.310 e. The van der Waals surface area contributed by atoms with Crippen LogP contribution in [-0.4, -0.2) is 12.7 Å². The van der Waals surface area contributed by atoms with E-state index in [0.717, 1.165) is 12.8 Å². The normalized spacial score (nSPS) is 18.6. The molecule has 1 aliphatic rings. The number of unbranched alkanes of at least 4 members (excludes halogenated alkanes) is 1. The number of fused-ring (bicyclic) bond motifs is 1. The lowest BCUT2D eigenvalue weighted by molar-refractivity contribution is -0.135.